The fraction of sp³-hybridized carbons (Fsp3) is 0.0667. The number of benzene rings is 2. The molecule has 3 rings (SSSR count). The SMILES string of the molecule is Cc1ccc2ccccc2c1NC(=O)Nc1cn[nH]c1. The highest BCUT2D eigenvalue weighted by atomic mass is 16.2. The Hall–Kier alpha value is -2.82. The minimum atomic E-state index is -0.286. The van der Waals surface area contributed by atoms with Crippen LogP contribution in [0, 0.1) is 6.92 Å². The average Bonchev–Trinajstić information content (AvgIpc) is 2.95. The van der Waals surface area contributed by atoms with Gasteiger partial charge >= 0.3 is 6.03 Å². The van der Waals surface area contributed by atoms with E-state index in [1.54, 1.807) is 12.4 Å². The number of nitrogens with one attached hydrogen (secondary N) is 3. The molecule has 0 unspecified atom stereocenters. The maximum atomic E-state index is 12.0. The number of H-pyrrole nitrogens is 1. The molecule has 0 spiro atoms. The third-order valence-corrected chi connectivity index (χ3v) is 3.13. The van der Waals surface area contributed by atoms with Gasteiger partial charge in [-0.3, -0.25) is 5.10 Å². The van der Waals surface area contributed by atoms with Crippen molar-refractivity contribution >= 4 is 28.2 Å². The second-order valence-corrected chi connectivity index (χ2v) is 4.54. The van der Waals surface area contributed by atoms with Gasteiger partial charge in [0.05, 0.1) is 17.6 Å². The molecule has 2 amide bonds. The monoisotopic (exact) mass is 266 g/mol. The third-order valence-electron chi connectivity index (χ3n) is 3.13. The molecule has 0 saturated heterocycles. The first kappa shape index (κ1) is 12.2. The predicted molar refractivity (Wildman–Crippen MR) is 79.9 cm³/mol. The van der Waals surface area contributed by atoms with Crippen molar-refractivity contribution in [3.05, 3.63) is 54.4 Å². The molecule has 5 nitrogen and oxygen atoms in total. The molecule has 3 aromatic rings. The minimum absolute atomic E-state index is 0.286. The number of urea groups is 1. The van der Waals surface area contributed by atoms with Gasteiger partial charge in [0.15, 0.2) is 0 Å². The molecule has 0 bridgehead atoms. The molecule has 1 heterocycles. The van der Waals surface area contributed by atoms with Crippen LogP contribution in [0.4, 0.5) is 16.2 Å². The molecule has 0 aliphatic rings. The summed E-state index contributed by atoms with van der Waals surface area (Å²) in [5, 5.41) is 14.2. The number of fused-ring (bicyclic) bond motifs is 1. The van der Waals surface area contributed by atoms with Crippen molar-refractivity contribution < 1.29 is 4.79 Å². The van der Waals surface area contributed by atoms with Crippen LogP contribution in [0.3, 0.4) is 0 Å². The third kappa shape index (κ3) is 2.33. The van der Waals surface area contributed by atoms with Crippen molar-refractivity contribution in [2.24, 2.45) is 0 Å². The second-order valence-electron chi connectivity index (χ2n) is 4.54. The van der Waals surface area contributed by atoms with Crippen molar-refractivity contribution in [2.75, 3.05) is 10.6 Å². The lowest BCUT2D eigenvalue weighted by Crippen LogP contribution is -2.19. The topological polar surface area (TPSA) is 69.8 Å². The summed E-state index contributed by atoms with van der Waals surface area (Å²) in [6.45, 7) is 1.97. The van der Waals surface area contributed by atoms with Crippen LogP contribution in [0.15, 0.2) is 48.8 Å². The number of hydrogen-bond donors (Lipinski definition) is 3. The number of aromatic amines is 1. The van der Waals surface area contributed by atoms with E-state index >= 15 is 0 Å². The van der Waals surface area contributed by atoms with E-state index in [-0.39, 0.29) is 6.03 Å². The van der Waals surface area contributed by atoms with Gasteiger partial charge < -0.3 is 10.6 Å². The summed E-state index contributed by atoms with van der Waals surface area (Å²) in [5.74, 6) is 0. The van der Waals surface area contributed by atoms with Gasteiger partial charge in [0, 0.05) is 11.6 Å². The fourth-order valence-corrected chi connectivity index (χ4v) is 2.14. The van der Waals surface area contributed by atoms with E-state index in [0.717, 1.165) is 22.0 Å². The van der Waals surface area contributed by atoms with Gasteiger partial charge in [-0.25, -0.2) is 4.79 Å². The molecule has 0 saturated carbocycles. The lowest BCUT2D eigenvalue weighted by Gasteiger charge is -2.12. The van der Waals surface area contributed by atoms with Gasteiger partial charge in [0.1, 0.15) is 0 Å². The molecule has 0 aliphatic carbocycles. The van der Waals surface area contributed by atoms with Gasteiger partial charge in [-0.15, -0.1) is 0 Å². The van der Waals surface area contributed by atoms with Crippen LogP contribution in [-0.4, -0.2) is 16.2 Å². The maximum absolute atomic E-state index is 12.0. The molecule has 100 valence electrons. The summed E-state index contributed by atoms with van der Waals surface area (Å²) in [5.41, 5.74) is 2.47. The molecular formula is C15H14N4O. The fourth-order valence-electron chi connectivity index (χ4n) is 2.14. The maximum Gasteiger partial charge on any atom is 0.323 e. The Bertz CT molecular complexity index is 750. The van der Waals surface area contributed by atoms with Crippen LogP contribution in [0.5, 0.6) is 0 Å². The Morgan fingerprint density at radius 3 is 2.80 bits per heavy atom. The number of anilines is 2. The van der Waals surface area contributed by atoms with Crippen LogP contribution < -0.4 is 10.6 Å². The molecule has 0 fully saturated rings. The van der Waals surface area contributed by atoms with E-state index < -0.39 is 0 Å². The number of rotatable bonds is 2. The molecule has 0 aliphatic heterocycles. The van der Waals surface area contributed by atoms with E-state index in [0.29, 0.717) is 5.69 Å². The largest absolute Gasteiger partial charge is 0.323 e. The summed E-state index contributed by atoms with van der Waals surface area (Å²) in [4.78, 5) is 12.0. The number of aryl methyl sites for hydroxylation is 1. The Balaban J connectivity index is 1.90. The molecule has 1 aromatic heterocycles. The highest BCUT2D eigenvalue weighted by molar-refractivity contribution is 6.07. The number of carbonyl (C=O) groups excluding carboxylic acids is 1. The number of aromatic nitrogens is 2. The summed E-state index contributed by atoms with van der Waals surface area (Å²) in [6, 6.07) is 11.7. The average molecular weight is 266 g/mol. The van der Waals surface area contributed by atoms with Gasteiger partial charge in [-0.05, 0) is 17.9 Å². The molecule has 20 heavy (non-hydrogen) atoms. The number of hydrogen-bond acceptors (Lipinski definition) is 2. The first-order valence-electron chi connectivity index (χ1n) is 6.29. The van der Waals surface area contributed by atoms with Crippen molar-refractivity contribution in [3.63, 3.8) is 0 Å². The summed E-state index contributed by atoms with van der Waals surface area (Å²) < 4.78 is 0. The Kier molecular flexibility index (Phi) is 3.09. The van der Waals surface area contributed by atoms with Crippen LogP contribution in [0.25, 0.3) is 10.8 Å². The summed E-state index contributed by atoms with van der Waals surface area (Å²) in [7, 11) is 0. The second kappa shape index (κ2) is 5.05. The van der Waals surface area contributed by atoms with Gasteiger partial charge in [-0.1, -0.05) is 36.4 Å². The van der Waals surface area contributed by atoms with Crippen LogP contribution >= 0.6 is 0 Å². The lowest BCUT2D eigenvalue weighted by molar-refractivity contribution is 0.262. The van der Waals surface area contributed by atoms with Crippen LogP contribution in [-0.2, 0) is 0 Å². The Morgan fingerprint density at radius 1 is 1.15 bits per heavy atom. The predicted octanol–water partition coefficient (Wildman–Crippen LogP) is 3.52. The molecule has 3 N–H and O–H groups in total. The lowest BCUT2D eigenvalue weighted by atomic mass is 10.0. The quantitative estimate of drug-likeness (QED) is 0.664. The van der Waals surface area contributed by atoms with E-state index in [1.165, 1.54) is 0 Å². The van der Waals surface area contributed by atoms with Crippen molar-refractivity contribution in [2.45, 2.75) is 6.92 Å². The highest BCUT2D eigenvalue weighted by Crippen LogP contribution is 2.27. The molecule has 0 atom stereocenters. The number of nitrogens with zero attached hydrogens (tertiary/aromatic N) is 1. The number of amides is 2. The number of carbonyl (C=O) groups is 1. The molecule has 2 aromatic carbocycles. The summed E-state index contributed by atoms with van der Waals surface area (Å²) in [6.07, 6.45) is 3.17. The smallest absolute Gasteiger partial charge is 0.307 e. The first-order valence-corrected chi connectivity index (χ1v) is 6.29. The van der Waals surface area contributed by atoms with Crippen molar-refractivity contribution in [3.8, 4) is 0 Å². The highest BCUT2D eigenvalue weighted by Gasteiger charge is 2.08. The van der Waals surface area contributed by atoms with E-state index in [2.05, 4.69) is 20.8 Å². The van der Waals surface area contributed by atoms with Gasteiger partial charge in [0.25, 0.3) is 0 Å². The first-order chi connectivity index (χ1) is 9.74. The zero-order valence-corrected chi connectivity index (χ0v) is 11.0. The summed E-state index contributed by atoms with van der Waals surface area (Å²) >= 11 is 0. The Labute approximate surface area is 116 Å². The molecule has 0 radical (unpaired) electrons. The van der Waals surface area contributed by atoms with Crippen LogP contribution in [0.1, 0.15) is 5.56 Å². The molecular weight excluding hydrogens is 252 g/mol. The van der Waals surface area contributed by atoms with Crippen molar-refractivity contribution in [1.29, 1.82) is 0 Å². The van der Waals surface area contributed by atoms with E-state index in [9.17, 15) is 4.79 Å². The van der Waals surface area contributed by atoms with Crippen molar-refractivity contribution in [1.82, 2.24) is 10.2 Å². The Morgan fingerprint density at radius 2 is 2.00 bits per heavy atom. The zero-order chi connectivity index (χ0) is 13.9. The van der Waals surface area contributed by atoms with Gasteiger partial charge in [-0.2, -0.15) is 5.10 Å². The zero-order valence-electron chi connectivity index (χ0n) is 11.0. The minimum Gasteiger partial charge on any atom is -0.307 e. The van der Waals surface area contributed by atoms with Gasteiger partial charge in [0.2, 0.25) is 0 Å². The standard InChI is InChI=1S/C15H14N4O/c1-10-6-7-11-4-2-3-5-13(11)14(10)19-15(20)18-12-8-16-17-9-12/h2-9H,1H3,(H,16,17)(H2,18,19,20). The molecule has 5 heteroatoms. The van der Waals surface area contributed by atoms with Crippen LogP contribution in [0.2, 0.25) is 0 Å². The van der Waals surface area contributed by atoms with E-state index in [1.807, 2.05) is 43.3 Å². The van der Waals surface area contributed by atoms with E-state index in [4.69, 9.17) is 0 Å². The normalized spacial score (nSPS) is 10.4.